The standard InChI is InChI=1S/C41H28N2/c1-27-14-16-37-35-11-2-3-12-36(35)38-17-15-30(25-40(38)39(37)20-27)28-8-6-9-29(21-28)32-22-33(31-10-7-18-42-26-31)24-34(23-32)41-13-4-5-19-43-41/h2-26H,1H3. The predicted octanol–water partition coefficient (Wildman–Crippen LogP) is 10.9. The highest BCUT2D eigenvalue weighted by atomic mass is 14.7. The summed E-state index contributed by atoms with van der Waals surface area (Å²) in [5.74, 6) is 0. The zero-order valence-electron chi connectivity index (χ0n) is 23.8. The van der Waals surface area contributed by atoms with E-state index in [0.29, 0.717) is 0 Å². The molecular formula is C41H28N2. The van der Waals surface area contributed by atoms with Gasteiger partial charge in [0.05, 0.1) is 5.69 Å². The van der Waals surface area contributed by atoms with Crippen LogP contribution in [-0.2, 0) is 0 Å². The van der Waals surface area contributed by atoms with E-state index in [1.165, 1.54) is 54.6 Å². The van der Waals surface area contributed by atoms with E-state index in [1.807, 2.05) is 36.8 Å². The summed E-state index contributed by atoms with van der Waals surface area (Å²) in [6.07, 6.45) is 5.58. The summed E-state index contributed by atoms with van der Waals surface area (Å²) in [6, 6.07) is 48.2. The Balaban J connectivity index is 1.30. The van der Waals surface area contributed by atoms with Crippen LogP contribution in [0.15, 0.2) is 152 Å². The molecule has 8 rings (SSSR count). The predicted molar refractivity (Wildman–Crippen MR) is 181 cm³/mol. The Kier molecular flexibility index (Phi) is 6.05. The zero-order chi connectivity index (χ0) is 28.8. The second kappa shape index (κ2) is 10.3. The molecule has 2 aromatic heterocycles. The van der Waals surface area contributed by atoms with Gasteiger partial charge in [0.1, 0.15) is 0 Å². The molecule has 0 aliphatic heterocycles. The Morgan fingerprint density at radius 1 is 0.372 bits per heavy atom. The fourth-order valence-corrected chi connectivity index (χ4v) is 6.30. The van der Waals surface area contributed by atoms with E-state index >= 15 is 0 Å². The van der Waals surface area contributed by atoms with Crippen molar-refractivity contribution in [2.45, 2.75) is 6.92 Å². The van der Waals surface area contributed by atoms with Crippen LogP contribution in [0.25, 0.3) is 77.0 Å². The average molecular weight is 549 g/mol. The summed E-state index contributed by atoms with van der Waals surface area (Å²) in [7, 11) is 0. The first-order chi connectivity index (χ1) is 21.2. The fraction of sp³-hybridized carbons (Fsp3) is 0.0244. The molecule has 0 saturated carbocycles. The molecular weight excluding hydrogens is 520 g/mol. The number of hydrogen-bond acceptors (Lipinski definition) is 2. The van der Waals surface area contributed by atoms with Crippen molar-refractivity contribution in [3.8, 4) is 44.6 Å². The van der Waals surface area contributed by atoms with Crippen molar-refractivity contribution < 1.29 is 0 Å². The minimum absolute atomic E-state index is 0.953. The van der Waals surface area contributed by atoms with Gasteiger partial charge in [-0.25, -0.2) is 0 Å². The lowest BCUT2D eigenvalue weighted by Crippen LogP contribution is -1.89. The number of pyridine rings is 2. The highest BCUT2D eigenvalue weighted by Crippen LogP contribution is 2.39. The lowest BCUT2D eigenvalue weighted by Gasteiger charge is -2.14. The molecule has 0 atom stereocenters. The van der Waals surface area contributed by atoms with Crippen LogP contribution in [0.5, 0.6) is 0 Å². The van der Waals surface area contributed by atoms with Gasteiger partial charge >= 0.3 is 0 Å². The van der Waals surface area contributed by atoms with E-state index in [4.69, 9.17) is 0 Å². The Hall–Kier alpha value is -5.60. The fourth-order valence-electron chi connectivity index (χ4n) is 6.30. The molecule has 202 valence electrons. The Labute approximate surface area is 251 Å². The van der Waals surface area contributed by atoms with Crippen LogP contribution in [-0.4, -0.2) is 9.97 Å². The van der Waals surface area contributed by atoms with Crippen LogP contribution in [0.1, 0.15) is 5.56 Å². The third-order valence-electron chi connectivity index (χ3n) is 8.41. The normalized spacial score (nSPS) is 11.4. The number of hydrogen-bond donors (Lipinski definition) is 0. The molecule has 0 aliphatic rings. The smallest absolute Gasteiger partial charge is 0.0702 e. The molecule has 0 fully saturated rings. The van der Waals surface area contributed by atoms with Crippen molar-refractivity contribution >= 4 is 32.3 Å². The Morgan fingerprint density at radius 2 is 0.977 bits per heavy atom. The summed E-state index contributed by atoms with van der Waals surface area (Å²) in [6.45, 7) is 2.17. The number of fused-ring (bicyclic) bond motifs is 6. The van der Waals surface area contributed by atoms with Gasteiger partial charge in [0.2, 0.25) is 0 Å². The Bertz CT molecular complexity index is 2230. The van der Waals surface area contributed by atoms with Crippen molar-refractivity contribution in [1.82, 2.24) is 9.97 Å². The molecule has 2 heteroatoms. The molecule has 0 saturated heterocycles. The van der Waals surface area contributed by atoms with Gasteiger partial charge < -0.3 is 0 Å². The van der Waals surface area contributed by atoms with Gasteiger partial charge in [0.25, 0.3) is 0 Å². The molecule has 0 radical (unpaired) electrons. The largest absolute Gasteiger partial charge is 0.264 e. The third kappa shape index (κ3) is 4.54. The van der Waals surface area contributed by atoms with E-state index in [0.717, 1.165) is 27.9 Å². The first-order valence-electron chi connectivity index (χ1n) is 14.6. The number of nitrogens with zero attached hydrogens (tertiary/aromatic N) is 2. The van der Waals surface area contributed by atoms with Crippen LogP contribution >= 0.6 is 0 Å². The van der Waals surface area contributed by atoms with Crippen LogP contribution in [0, 0.1) is 6.92 Å². The summed E-state index contributed by atoms with van der Waals surface area (Å²) in [5, 5.41) is 7.78. The first-order valence-corrected chi connectivity index (χ1v) is 14.6. The summed E-state index contributed by atoms with van der Waals surface area (Å²) < 4.78 is 0. The third-order valence-corrected chi connectivity index (χ3v) is 8.41. The van der Waals surface area contributed by atoms with Crippen LogP contribution < -0.4 is 0 Å². The highest BCUT2D eigenvalue weighted by molar-refractivity contribution is 6.25. The topological polar surface area (TPSA) is 25.8 Å². The summed E-state index contributed by atoms with van der Waals surface area (Å²) in [5.41, 5.74) is 10.2. The van der Waals surface area contributed by atoms with Gasteiger partial charge in [-0.2, -0.15) is 0 Å². The van der Waals surface area contributed by atoms with E-state index in [2.05, 4.69) is 132 Å². The maximum atomic E-state index is 4.65. The molecule has 43 heavy (non-hydrogen) atoms. The zero-order valence-corrected chi connectivity index (χ0v) is 23.8. The average Bonchev–Trinajstić information content (AvgIpc) is 3.09. The van der Waals surface area contributed by atoms with Crippen molar-refractivity contribution in [1.29, 1.82) is 0 Å². The Morgan fingerprint density at radius 3 is 1.72 bits per heavy atom. The van der Waals surface area contributed by atoms with Crippen LogP contribution in [0.3, 0.4) is 0 Å². The van der Waals surface area contributed by atoms with Gasteiger partial charge in [-0.15, -0.1) is 0 Å². The summed E-state index contributed by atoms with van der Waals surface area (Å²) in [4.78, 5) is 9.02. The molecule has 0 spiro atoms. The SMILES string of the molecule is Cc1ccc2c3ccccc3c3ccc(-c4cccc(-c5cc(-c6cccnc6)cc(-c6ccccn6)c5)c4)cc3c2c1. The van der Waals surface area contributed by atoms with Crippen molar-refractivity contribution in [2.75, 3.05) is 0 Å². The molecule has 2 nitrogen and oxygen atoms in total. The molecule has 6 aromatic carbocycles. The van der Waals surface area contributed by atoms with Gasteiger partial charge in [-0.05, 0) is 116 Å². The van der Waals surface area contributed by atoms with E-state index in [9.17, 15) is 0 Å². The van der Waals surface area contributed by atoms with E-state index in [-0.39, 0.29) is 0 Å². The quantitative estimate of drug-likeness (QED) is 0.204. The minimum Gasteiger partial charge on any atom is -0.264 e. The van der Waals surface area contributed by atoms with E-state index < -0.39 is 0 Å². The van der Waals surface area contributed by atoms with Gasteiger partial charge in [-0.1, -0.05) is 90.5 Å². The van der Waals surface area contributed by atoms with Gasteiger partial charge in [0.15, 0.2) is 0 Å². The maximum Gasteiger partial charge on any atom is 0.0702 e. The maximum absolute atomic E-state index is 4.65. The monoisotopic (exact) mass is 548 g/mol. The molecule has 0 aliphatic carbocycles. The summed E-state index contributed by atoms with van der Waals surface area (Å²) >= 11 is 0. The lowest BCUT2D eigenvalue weighted by atomic mass is 9.90. The number of aromatic nitrogens is 2. The van der Waals surface area contributed by atoms with Crippen molar-refractivity contribution in [2.24, 2.45) is 0 Å². The second-order valence-corrected chi connectivity index (χ2v) is 11.2. The first kappa shape index (κ1) is 25.1. The highest BCUT2D eigenvalue weighted by Gasteiger charge is 2.12. The van der Waals surface area contributed by atoms with Gasteiger partial charge in [0, 0.05) is 29.7 Å². The van der Waals surface area contributed by atoms with Crippen molar-refractivity contribution in [3.05, 3.63) is 158 Å². The number of benzene rings is 6. The van der Waals surface area contributed by atoms with Gasteiger partial charge in [-0.3, -0.25) is 9.97 Å². The molecule has 2 heterocycles. The van der Waals surface area contributed by atoms with Crippen LogP contribution in [0.4, 0.5) is 0 Å². The molecule has 8 aromatic rings. The molecule has 0 amide bonds. The van der Waals surface area contributed by atoms with Crippen molar-refractivity contribution in [3.63, 3.8) is 0 Å². The lowest BCUT2D eigenvalue weighted by molar-refractivity contribution is 1.32. The number of rotatable bonds is 4. The number of aryl methyl sites for hydroxylation is 1. The molecule has 0 bridgehead atoms. The minimum atomic E-state index is 0.953. The second-order valence-electron chi connectivity index (χ2n) is 11.2. The molecule has 0 unspecified atom stereocenters. The van der Waals surface area contributed by atoms with Crippen LogP contribution in [0.2, 0.25) is 0 Å². The molecule has 0 N–H and O–H groups in total. The van der Waals surface area contributed by atoms with E-state index in [1.54, 1.807) is 0 Å².